The number of halogens is 1. The molecule has 0 saturated carbocycles. The van der Waals surface area contributed by atoms with Crippen molar-refractivity contribution in [1.82, 2.24) is 9.97 Å². The highest BCUT2D eigenvalue weighted by atomic mass is 35.5. The Morgan fingerprint density at radius 3 is 2.88 bits per heavy atom. The average Bonchev–Trinajstić information content (AvgIpc) is 2.30. The van der Waals surface area contributed by atoms with Crippen molar-refractivity contribution in [2.75, 3.05) is 5.32 Å². The highest BCUT2D eigenvalue weighted by Gasteiger charge is 2.16. The summed E-state index contributed by atoms with van der Waals surface area (Å²) in [7, 11) is 0. The second kappa shape index (κ2) is 7.22. The van der Waals surface area contributed by atoms with Crippen LogP contribution in [0, 0.1) is 5.92 Å². The molecular formula is C12H18ClN3O. The van der Waals surface area contributed by atoms with Crippen molar-refractivity contribution in [3.8, 4) is 0 Å². The van der Waals surface area contributed by atoms with E-state index >= 15 is 0 Å². The summed E-state index contributed by atoms with van der Waals surface area (Å²) < 4.78 is 0. The van der Waals surface area contributed by atoms with E-state index < -0.39 is 0 Å². The van der Waals surface area contributed by atoms with Gasteiger partial charge in [-0.15, -0.1) is 0 Å². The lowest BCUT2D eigenvalue weighted by atomic mass is 9.99. The van der Waals surface area contributed by atoms with Crippen molar-refractivity contribution >= 4 is 23.5 Å². The minimum atomic E-state index is -0.0248. The number of carbonyl (C=O) groups is 1. The molecule has 94 valence electrons. The molecule has 1 amide bonds. The van der Waals surface area contributed by atoms with E-state index in [0.29, 0.717) is 5.15 Å². The van der Waals surface area contributed by atoms with Crippen molar-refractivity contribution in [3.05, 3.63) is 17.4 Å². The average molecular weight is 256 g/mol. The number of nitrogens with one attached hydrogen (secondary N) is 1. The van der Waals surface area contributed by atoms with Gasteiger partial charge >= 0.3 is 0 Å². The molecule has 0 aliphatic rings. The number of rotatable bonds is 6. The molecule has 0 spiro atoms. The first-order chi connectivity index (χ1) is 8.17. The molecule has 0 bridgehead atoms. The van der Waals surface area contributed by atoms with E-state index in [2.05, 4.69) is 22.2 Å². The van der Waals surface area contributed by atoms with E-state index in [1.807, 2.05) is 6.92 Å². The minimum Gasteiger partial charge on any atom is -0.294 e. The summed E-state index contributed by atoms with van der Waals surface area (Å²) in [6.45, 7) is 4.13. The van der Waals surface area contributed by atoms with E-state index in [1.165, 1.54) is 6.20 Å². The normalized spacial score (nSPS) is 12.2. The first-order valence-corrected chi connectivity index (χ1v) is 6.34. The van der Waals surface area contributed by atoms with Crippen LogP contribution in [0.2, 0.25) is 5.15 Å². The molecule has 1 aromatic rings. The van der Waals surface area contributed by atoms with Crippen LogP contribution in [0.1, 0.15) is 39.5 Å². The Morgan fingerprint density at radius 1 is 1.53 bits per heavy atom. The lowest BCUT2D eigenvalue weighted by Gasteiger charge is -2.13. The van der Waals surface area contributed by atoms with Crippen LogP contribution in [0.15, 0.2) is 12.3 Å². The molecule has 17 heavy (non-hydrogen) atoms. The minimum absolute atomic E-state index is 0.0248. The maximum atomic E-state index is 11.9. The van der Waals surface area contributed by atoms with Crippen LogP contribution in [0.5, 0.6) is 0 Å². The summed E-state index contributed by atoms with van der Waals surface area (Å²) in [4.78, 5) is 19.8. The molecule has 0 saturated heterocycles. The first-order valence-electron chi connectivity index (χ1n) is 5.96. The van der Waals surface area contributed by atoms with E-state index in [0.717, 1.165) is 25.7 Å². The van der Waals surface area contributed by atoms with Crippen LogP contribution >= 0.6 is 11.6 Å². The van der Waals surface area contributed by atoms with E-state index in [1.54, 1.807) is 6.07 Å². The Balaban J connectivity index is 2.57. The fourth-order valence-electron chi connectivity index (χ4n) is 1.58. The standard InChI is InChI=1S/C12H18ClN3O/c1-3-5-6-9(4-2)11(17)16-12-14-8-7-10(13)15-12/h7-9H,3-6H2,1-2H3,(H,14,15,16,17). The van der Waals surface area contributed by atoms with E-state index in [4.69, 9.17) is 11.6 Å². The largest absolute Gasteiger partial charge is 0.294 e. The zero-order chi connectivity index (χ0) is 12.7. The van der Waals surface area contributed by atoms with Gasteiger partial charge in [-0.05, 0) is 18.9 Å². The van der Waals surface area contributed by atoms with Crippen LogP contribution in [-0.2, 0) is 4.79 Å². The number of nitrogens with zero attached hydrogens (tertiary/aromatic N) is 2. The summed E-state index contributed by atoms with van der Waals surface area (Å²) in [5.74, 6) is 0.276. The molecule has 1 atom stereocenters. The summed E-state index contributed by atoms with van der Waals surface area (Å²) >= 11 is 5.72. The molecular weight excluding hydrogens is 238 g/mol. The molecule has 0 aliphatic heterocycles. The van der Waals surface area contributed by atoms with Crippen molar-refractivity contribution in [1.29, 1.82) is 0 Å². The fraction of sp³-hybridized carbons (Fsp3) is 0.583. The van der Waals surface area contributed by atoms with Gasteiger partial charge in [0.1, 0.15) is 5.15 Å². The molecule has 4 nitrogen and oxygen atoms in total. The quantitative estimate of drug-likeness (QED) is 0.794. The lowest BCUT2D eigenvalue weighted by Crippen LogP contribution is -2.23. The van der Waals surface area contributed by atoms with Gasteiger partial charge in [-0.1, -0.05) is 38.3 Å². The third-order valence-electron chi connectivity index (χ3n) is 2.63. The Hall–Kier alpha value is -1.16. The molecule has 1 heterocycles. The van der Waals surface area contributed by atoms with Crippen LogP contribution < -0.4 is 5.32 Å². The smallest absolute Gasteiger partial charge is 0.230 e. The monoisotopic (exact) mass is 255 g/mol. The van der Waals surface area contributed by atoms with Gasteiger partial charge in [-0.2, -0.15) is 0 Å². The summed E-state index contributed by atoms with van der Waals surface area (Å²) in [5.41, 5.74) is 0. The molecule has 1 aromatic heterocycles. The molecule has 5 heteroatoms. The molecule has 1 unspecified atom stereocenters. The molecule has 0 radical (unpaired) electrons. The topological polar surface area (TPSA) is 54.9 Å². The summed E-state index contributed by atoms with van der Waals surface area (Å²) in [6, 6.07) is 1.57. The van der Waals surface area contributed by atoms with E-state index in [-0.39, 0.29) is 17.8 Å². The van der Waals surface area contributed by atoms with Gasteiger partial charge in [0.2, 0.25) is 11.9 Å². The highest BCUT2D eigenvalue weighted by Crippen LogP contribution is 2.15. The number of hydrogen-bond donors (Lipinski definition) is 1. The number of hydrogen-bond acceptors (Lipinski definition) is 3. The van der Waals surface area contributed by atoms with Gasteiger partial charge in [0.15, 0.2) is 0 Å². The van der Waals surface area contributed by atoms with Crippen LogP contribution in [0.25, 0.3) is 0 Å². The Labute approximate surface area is 107 Å². The second-order valence-corrected chi connectivity index (χ2v) is 4.33. The number of amides is 1. The SMILES string of the molecule is CCCCC(CC)C(=O)Nc1nccc(Cl)n1. The molecule has 0 aromatic carbocycles. The molecule has 1 N–H and O–H groups in total. The number of carbonyl (C=O) groups excluding carboxylic acids is 1. The predicted molar refractivity (Wildman–Crippen MR) is 69.0 cm³/mol. The molecule has 1 rings (SSSR count). The van der Waals surface area contributed by atoms with E-state index in [9.17, 15) is 4.79 Å². The highest BCUT2D eigenvalue weighted by molar-refractivity contribution is 6.29. The molecule has 0 fully saturated rings. The van der Waals surface area contributed by atoms with Crippen molar-refractivity contribution < 1.29 is 4.79 Å². The van der Waals surface area contributed by atoms with Gasteiger partial charge in [0.05, 0.1) is 0 Å². The summed E-state index contributed by atoms with van der Waals surface area (Å²) in [6.07, 6.45) is 5.41. The van der Waals surface area contributed by atoms with Crippen LogP contribution in [0.3, 0.4) is 0 Å². The Bertz CT molecular complexity index is 371. The van der Waals surface area contributed by atoms with Gasteiger partial charge in [0, 0.05) is 12.1 Å². The fourth-order valence-corrected chi connectivity index (χ4v) is 1.72. The lowest BCUT2D eigenvalue weighted by molar-refractivity contribution is -0.120. The number of unbranched alkanes of at least 4 members (excludes halogenated alkanes) is 1. The Morgan fingerprint density at radius 2 is 2.29 bits per heavy atom. The predicted octanol–water partition coefficient (Wildman–Crippen LogP) is 3.28. The Kier molecular flexibility index (Phi) is 5.91. The third-order valence-corrected chi connectivity index (χ3v) is 2.84. The zero-order valence-electron chi connectivity index (χ0n) is 10.2. The second-order valence-electron chi connectivity index (χ2n) is 3.94. The maximum Gasteiger partial charge on any atom is 0.230 e. The third kappa shape index (κ3) is 4.69. The first kappa shape index (κ1) is 13.9. The van der Waals surface area contributed by atoms with Gasteiger partial charge < -0.3 is 0 Å². The van der Waals surface area contributed by atoms with Crippen LogP contribution in [-0.4, -0.2) is 15.9 Å². The van der Waals surface area contributed by atoms with Crippen molar-refractivity contribution in [2.45, 2.75) is 39.5 Å². The number of anilines is 1. The summed E-state index contributed by atoms with van der Waals surface area (Å²) in [5, 5.41) is 3.03. The van der Waals surface area contributed by atoms with Crippen molar-refractivity contribution in [3.63, 3.8) is 0 Å². The zero-order valence-corrected chi connectivity index (χ0v) is 11.0. The van der Waals surface area contributed by atoms with Crippen LogP contribution in [0.4, 0.5) is 5.95 Å². The maximum absolute atomic E-state index is 11.9. The van der Waals surface area contributed by atoms with Gasteiger partial charge in [0.25, 0.3) is 0 Å². The van der Waals surface area contributed by atoms with Gasteiger partial charge in [-0.3, -0.25) is 10.1 Å². The molecule has 0 aliphatic carbocycles. The van der Waals surface area contributed by atoms with Gasteiger partial charge in [-0.25, -0.2) is 9.97 Å². The number of aromatic nitrogens is 2. The van der Waals surface area contributed by atoms with Crippen molar-refractivity contribution in [2.24, 2.45) is 5.92 Å².